The summed E-state index contributed by atoms with van der Waals surface area (Å²) in [7, 11) is 1.56. The second kappa shape index (κ2) is 8.40. The van der Waals surface area contributed by atoms with E-state index in [0.29, 0.717) is 43.9 Å². The van der Waals surface area contributed by atoms with Crippen LogP contribution < -0.4 is 4.74 Å². The molecule has 1 aromatic carbocycles. The zero-order chi connectivity index (χ0) is 19.3. The van der Waals surface area contributed by atoms with Crippen LogP contribution in [0.5, 0.6) is 5.75 Å². The van der Waals surface area contributed by atoms with Gasteiger partial charge in [0.25, 0.3) is 0 Å². The molecule has 1 heterocycles. The zero-order valence-corrected chi connectivity index (χ0v) is 15.9. The Morgan fingerprint density at radius 1 is 1.15 bits per heavy atom. The molecule has 7 heteroatoms. The lowest BCUT2D eigenvalue weighted by atomic mass is 10.0. The Hall–Kier alpha value is -2.28. The van der Waals surface area contributed by atoms with Crippen LogP contribution in [0.15, 0.2) is 24.3 Å². The number of carbonyl (C=O) groups is 2. The third kappa shape index (κ3) is 5.36. The van der Waals surface area contributed by atoms with Crippen LogP contribution >= 0.6 is 0 Å². The van der Waals surface area contributed by atoms with Crippen molar-refractivity contribution >= 4 is 12.1 Å². The Balaban J connectivity index is 2.11. The van der Waals surface area contributed by atoms with E-state index in [4.69, 9.17) is 9.47 Å². The standard InChI is InChI=1S/C19H28N2O5/c1-19(2,3)26-18(24)21-10-6-9-20(11-12-21)16(17(22)23)14-7-5-8-15(13-14)25-4/h5,7-8,13,16H,6,9-12H2,1-4H3,(H,22,23)/t16-/m1/s1. The summed E-state index contributed by atoms with van der Waals surface area (Å²) in [6, 6.07) is 6.33. The van der Waals surface area contributed by atoms with E-state index in [1.54, 1.807) is 36.3 Å². The molecule has 1 N–H and O–H groups in total. The predicted octanol–water partition coefficient (Wildman–Crippen LogP) is 2.76. The molecule has 1 aromatic rings. The van der Waals surface area contributed by atoms with Gasteiger partial charge >= 0.3 is 12.1 Å². The van der Waals surface area contributed by atoms with E-state index in [2.05, 4.69) is 0 Å². The van der Waals surface area contributed by atoms with E-state index in [1.807, 2.05) is 25.7 Å². The first-order valence-electron chi connectivity index (χ1n) is 8.80. The number of carboxylic acid groups (broad SMARTS) is 1. The largest absolute Gasteiger partial charge is 0.497 e. The fourth-order valence-corrected chi connectivity index (χ4v) is 3.03. The number of nitrogens with zero attached hydrogens (tertiary/aromatic N) is 2. The van der Waals surface area contributed by atoms with Gasteiger partial charge in [0.05, 0.1) is 7.11 Å². The van der Waals surface area contributed by atoms with Gasteiger partial charge in [0.15, 0.2) is 0 Å². The van der Waals surface area contributed by atoms with Crippen molar-refractivity contribution < 1.29 is 24.2 Å². The number of carbonyl (C=O) groups excluding carboxylic acids is 1. The van der Waals surface area contributed by atoms with Gasteiger partial charge in [-0.25, -0.2) is 4.79 Å². The van der Waals surface area contributed by atoms with E-state index < -0.39 is 17.6 Å². The van der Waals surface area contributed by atoms with Crippen LogP contribution in [0.25, 0.3) is 0 Å². The fraction of sp³-hybridized carbons (Fsp3) is 0.579. The number of amides is 1. The fourth-order valence-electron chi connectivity index (χ4n) is 3.03. The summed E-state index contributed by atoms with van der Waals surface area (Å²) in [6.45, 7) is 7.54. The quantitative estimate of drug-likeness (QED) is 0.885. The monoisotopic (exact) mass is 364 g/mol. The molecular formula is C19H28N2O5. The molecular weight excluding hydrogens is 336 g/mol. The van der Waals surface area contributed by atoms with Crippen LogP contribution in [0, 0.1) is 0 Å². The van der Waals surface area contributed by atoms with Crippen LogP contribution in [0.2, 0.25) is 0 Å². The minimum absolute atomic E-state index is 0.354. The number of methoxy groups -OCH3 is 1. The average Bonchev–Trinajstić information content (AvgIpc) is 2.79. The second-order valence-electron chi connectivity index (χ2n) is 7.37. The van der Waals surface area contributed by atoms with Gasteiger partial charge < -0.3 is 19.5 Å². The first-order chi connectivity index (χ1) is 12.2. The summed E-state index contributed by atoms with van der Waals surface area (Å²) < 4.78 is 10.6. The molecule has 7 nitrogen and oxygen atoms in total. The molecule has 0 unspecified atom stereocenters. The molecule has 0 spiro atoms. The first kappa shape index (κ1) is 20.0. The molecule has 0 aromatic heterocycles. The summed E-state index contributed by atoms with van der Waals surface area (Å²) in [5.41, 5.74) is 0.121. The molecule has 0 saturated carbocycles. The minimum Gasteiger partial charge on any atom is -0.497 e. The summed E-state index contributed by atoms with van der Waals surface area (Å²) in [6.07, 6.45) is 0.333. The normalized spacial score (nSPS) is 17.3. The third-order valence-electron chi connectivity index (χ3n) is 4.19. The SMILES string of the molecule is COc1cccc([C@H](C(=O)O)N2CCCN(C(=O)OC(C)(C)C)CC2)c1. The lowest BCUT2D eigenvalue weighted by Gasteiger charge is -2.28. The van der Waals surface area contributed by atoms with Gasteiger partial charge in [-0.2, -0.15) is 0 Å². The summed E-state index contributed by atoms with van der Waals surface area (Å²) in [5, 5.41) is 9.77. The average molecular weight is 364 g/mol. The molecule has 0 aliphatic carbocycles. The van der Waals surface area contributed by atoms with Crippen LogP contribution in [-0.4, -0.2) is 65.9 Å². The maximum absolute atomic E-state index is 12.3. The highest BCUT2D eigenvalue weighted by Gasteiger charge is 2.31. The number of ether oxygens (including phenoxy) is 2. The van der Waals surface area contributed by atoms with Gasteiger partial charge in [-0.05, 0) is 44.9 Å². The Kier molecular flexibility index (Phi) is 6.47. The lowest BCUT2D eigenvalue weighted by molar-refractivity contribution is -0.143. The number of carboxylic acids is 1. The van der Waals surface area contributed by atoms with Gasteiger partial charge in [0.1, 0.15) is 17.4 Å². The Morgan fingerprint density at radius 2 is 1.88 bits per heavy atom. The predicted molar refractivity (Wildman–Crippen MR) is 97.4 cm³/mol. The molecule has 1 aliphatic heterocycles. The van der Waals surface area contributed by atoms with Crippen molar-refractivity contribution in [1.82, 2.24) is 9.80 Å². The minimum atomic E-state index is -0.913. The maximum atomic E-state index is 12.3. The highest BCUT2D eigenvalue weighted by Crippen LogP contribution is 2.26. The van der Waals surface area contributed by atoms with Crippen molar-refractivity contribution in [2.75, 3.05) is 33.3 Å². The second-order valence-corrected chi connectivity index (χ2v) is 7.37. The number of hydrogen-bond acceptors (Lipinski definition) is 5. The molecule has 26 heavy (non-hydrogen) atoms. The Bertz CT molecular complexity index is 641. The van der Waals surface area contributed by atoms with Crippen molar-refractivity contribution in [2.45, 2.75) is 38.8 Å². The molecule has 1 atom stereocenters. The molecule has 1 aliphatic rings. The van der Waals surface area contributed by atoms with Gasteiger partial charge in [-0.15, -0.1) is 0 Å². The first-order valence-corrected chi connectivity index (χ1v) is 8.80. The van der Waals surface area contributed by atoms with Crippen molar-refractivity contribution in [1.29, 1.82) is 0 Å². The lowest BCUT2D eigenvalue weighted by Crippen LogP contribution is -2.40. The van der Waals surface area contributed by atoms with E-state index in [1.165, 1.54) is 0 Å². The van der Waals surface area contributed by atoms with Crippen molar-refractivity contribution in [3.05, 3.63) is 29.8 Å². The maximum Gasteiger partial charge on any atom is 0.410 e. The smallest absolute Gasteiger partial charge is 0.410 e. The van der Waals surface area contributed by atoms with Gasteiger partial charge in [-0.1, -0.05) is 12.1 Å². The topological polar surface area (TPSA) is 79.3 Å². The van der Waals surface area contributed by atoms with Crippen molar-refractivity contribution in [2.24, 2.45) is 0 Å². The number of benzene rings is 1. The molecule has 2 rings (SSSR count). The van der Waals surface area contributed by atoms with Crippen LogP contribution in [-0.2, 0) is 9.53 Å². The Morgan fingerprint density at radius 3 is 2.50 bits per heavy atom. The molecule has 0 bridgehead atoms. The van der Waals surface area contributed by atoms with E-state index in [-0.39, 0.29) is 6.09 Å². The molecule has 1 fully saturated rings. The molecule has 0 radical (unpaired) electrons. The van der Waals surface area contributed by atoms with E-state index in [0.717, 1.165) is 0 Å². The highest BCUT2D eigenvalue weighted by molar-refractivity contribution is 5.76. The molecule has 1 saturated heterocycles. The van der Waals surface area contributed by atoms with Crippen LogP contribution in [0.3, 0.4) is 0 Å². The zero-order valence-electron chi connectivity index (χ0n) is 15.9. The number of aliphatic carboxylic acids is 1. The van der Waals surface area contributed by atoms with E-state index in [9.17, 15) is 14.7 Å². The van der Waals surface area contributed by atoms with Gasteiger partial charge in [0.2, 0.25) is 0 Å². The molecule has 144 valence electrons. The number of hydrogen-bond donors (Lipinski definition) is 1. The van der Waals surface area contributed by atoms with Gasteiger partial charge in [0, 0.05) is 26.2 Å². The van der Waals surface area contributed by atoms with Gasteiger partial charge in [-0.3, -0.25) is 9.69 Å². The van der Waals surface area contributed by atoms with Crippen LogP contribution in [0.4, 0.5) is 4.79 Å². The summed E-state index contributed by atoms with van der Waals surface area (Å²) in [4.78, 5) is 27.7. The van der Waals surface area contributed by atoms with Crippen molar-refractivity contribution in [3.8, 4) is 5.75 Å². The number of rotatable bonds is 4. The highest BCUT2D eigenvalue weighted by atomic mass is 16.6. The van der Waals surface area contributed by atoms with E-state index >= 15 is 0 Å². The third-order valence-corrected chi connectivity index (χ3v) is 4.19. The molecule has 1 amide bonds. The van der Waals surface area contributed by atoms with Crippen LogP contribution in [0.1, 0.15) is 38.8 Å². The van der Waals surface area contributed by atoms with Crippen molar-refractivity contribution in [3.63, 3.8) is 0 Å². The summed E-state index contributed by atoms with van der Waals surface area (Å²) >= 11 is 0. The summed E-state index contributed by atoms with van der Waals surface area (Å²) in [5.74, 6) is -0.289. The Labute approximate surface area is 154 Å².